The number of amides is 2. The van der Waals surface area contributed by atoms with Crippen LogP contribution in [0.2, 0.25) is 0 Å². The van der Waals surface area contributed by atoms with Gasteiger partial charge in [0.1, 0.15) is 0 Å². The van der Waals surface area contributed by atoms with Crippen molar-refractivity contribution in [1.82, 2.24) is 20.0 Å². The molecule has 156 valence electrons. The number of aromatic nitrogens is 4. The van der Waals surface area contributed by atoms with Crippen molar-refractivity contribution < 1.29 is 18.7 Å². The number of piperidine rings is 1. The van der Waals surface area contributed by atoms with Gasteiger partial charge in [0.2, 0.25) is 21.9 Å². The van der Waals surface area contributed by atoms with Crippen LogP contribution in [0.15, 0.2) is 27.5 Å². The van der Waals surface area contributed by atoms with Gasteiger partial charge in [0.25, 0.3) is 5.91 Å². The van der Waals surface area contributed by atoms with E-state index in [1.807, 2.05) is 13.0 Å². The highest BCUT2D eigenvalue weighted by molar-refractivity contribution is 7.17. The topological polar surface area (TPSA) is 132 Å². The first-order chi connectivity index (χ1) is 14.5. The highest BCUT2D eigenvalue weighted by Crippen LogP contribution is 2.29. The number of carbonyl (C=O) groups excluding carboxylic acids is 2. The van der Waals surface area contributed by atoms with Crippen molar-refractivity contribution in [2.24, 2.45) is 0 Å². The summed E-state index contributed by atoms with van der Waals surface area (Å²) in [5.41, 5.74) is 0.235. The first kappa shape index (κ1) is 19.8. The molecule has 3 aromatic heterocycles. The second kappa shape index (κ2) is 8.06. The Bertz CT molecular complexity index is 1170. The Morgan fingerprint density at radius 3 is 2.83 bits per heavy atom. The van der Waals surface area contributed by atoms with E-state index in [1.165, 1.54) is 18.1 Å². The highest BCUT2D eigenvalue weighted by Gasteiger charge is 2.27. The summed E-state index contributed by atoms with van der Waals surface area (Å²) in [7, 11) is 1.31. The molecular formula is C18H18N6O5S. The van der Waals surface area contributed by atoms with Gasteiger partial charge < -0.3 is 14.1 Å². The zero-order valence-electron chi connectivity index (χ0n) is 16.2. The summed E-state index contributed by atoms with van der Waals surface area (Å²) < 4.78 is 11.8. The lowest BCUT2D eigenvalue weighted by molar-refractivity contribution is -0.119. The fourth-order valence-electron chi connectivity index (χ4n) is 3.11. The van der Waals surface area contributed by atoms with Gasteiger partial charge >= 0.3 is 5.63 Å². The molecule has 30 heavy (non-hydrogen) atoms. The van der Waals surface area contributed by atoms with Gasteiger partial charge in [-0.05, 0) is 25.8 Å². The van der Waals surface area contributed by atoms with Gasteiger partial charge in [0.05, 0.1) is 12.8 Å². The molecule has 0 spiro atoms. The number of ether oxygens (including phenoxy) is 1. The molecule has 1 aliphatic rings. The van der Waals surface area contributed by atoms with Crippen molar-refractivity contribution in [2.75, 3.05) is 23.9 Å². The lowest BCUT2D eigenvalue weighted by Gasteiger charge is -2.27. The zero-order chi connectivity index (χ0) is 21.3. The zero-order valence-corrected chi connectivity index (χ0v) is 17.1. The summed E-state index contributed by atoms with van der Waals surface area (Å²) in [5, 5.41) is 15.3. The van der Waals surface area contributed by atoms with Crippen LogP contribution >= 0.6 is 11.3 Å². The number of rotatable bonds is 5. The van der Waals surface area contributed by atoms with Gasteiger partial charge in [0.15, 0.2) is 5.76 Å². The molecule has 0 radical (unpaired) electrons. The van der Waals surface area contributed by atoms with E-state index >= 15 is 0 Å². The van der Waals surface area contributed by atoms with E-state index < -0.39 is 11.5 Å². The Morgan fingerprint density at radius 1 is 1.30 bits per heavy atom. The van der Waals surface area contributed by atoms with Crippen molar-refractivity contribution in [3.05, 3.63) is 40.2 Å². The third-order valence-electron chi connectivity index (χ3n) is 4.58. The minimum absolute atomic E-state index is 0.117. The van der Waals surface area contributed by atoms with Crippen LogP contribution in [-0.2, 0) is 4.79 Å². The van der Waals surface area contributed by atoms with Crippen molar-refractivity contribution in [3.63, 3.8) is 0 Å². The summed E-state index contributed by atoms with van der Waals surface area (Å²) in [5.74, 6) is -1.21. The lowest BCUT2D eigenvalue weighted by atomic mass is 10.1. The first-order valence-corrected chi connectivity index (χ1v) is 9.98. The SMILES string of the molecule is COc1c(N2CCCCC2=O)cc(C(=O)Nc2nnc(-n3nccc3C)s2)oc1=O. The molecular weight excluding hydrogens is 412 g/mol. The molecule has 0 bridgehead atoms. The molecule has 1 aliphatic heterocycles. The minimum Gasteiger partial charge on any atom is -0.488 e. The lowest BCUT2D eigenvalue weighted by Crippen LogP contribution is -2.36. The van der Waals surface area contributed by atoms with E-state index in [0.717, 1.165) is 29.9 Å². The van der Waals surface area contributed by atoms with Gasteiger partial charge in [-0.15, -0.1) is 10.2 Å². The van der Waals surface area contributed by atoms with Crippen LogP contribution in [0, 0.1) is 6.92 Å². The molecule has 1 saturated heterocycles. The van der Waals surface area contributed by atoms with Crippen molar-refractivity contribution in [3.8, 4) is 10.9 Å². The standard InChI is InChI=1S/C18H18N6O5S/c1-10-6-7-19-24(10)18-22-21-17(30-18)20-15(26)12-9-11(14(28-2)16(27)29-12)23-8-4-3-5-13(23)25/h6-7,9H,3-5,8H2,1-2H3,(H,20,21,26). The Labute approximate surface area is 174 Å². The average molecular weight is 430 g/mol. The summed E-state index contributed by atoms with van der Waals surface area (Å²) >= 11 is 1.11. The quantitative estimate of drug-likeness (QED) is 0.647. The van der Waals surface area contributed by atoms with E-state index in [9.17, 15) is 14.4 Å². The summed E-state index contributed by atoms with van der Waals surface area (Å²) in [6, 6.07) is 3.15. The maximum absolute atomic E-state index is 12.7. The van der Waals surface area contributed by atoms with Gasteiger partial charge in [-0.1, -0.05) is 11.3 Å². The van der Waals surface area contributed by atoms with Crippen molar-refractivity contribution in [2.45, 2.75) is 26.2 Å². The monoisotopic (exact) mass is 430 g/mol. The maximum atomic E-state index is 12.7. The van der Waals surface area contributed by atoms with E-state index in [4.69, 9.17) is 9.15 Å². The van der Waals surface area contributed by atoms with Crippen LogP contribution in [0.3, 0.4) is 0 Å². The van der Waals surface area contributed by atoms with Crippen LogP contribution < -0.4 is 20.6 Å². The largest absolute Gasteiger partial charge is 0.488 e. The van der Waals surface area contributed by atoms with Crippen LogP contribution in [0.4, 0.5) is 10.8 Å². The number of hydrogen-bond donors (Lipinski definition) is 1. The Hall–Kier alpha value is -3.54. The molecule has 11 nitrogen and oxygen atoms in total. The molecule has 0 atom stereocenters. The van der Waals surface area contributed by atoms with E-state index in [-0.39, 0.29) is 28.2 Å². The third-order valence-corrected chi connectivity index (χ3v) is 5.39. The number of hydrogen-bond acceptors (Lipinski definition) is 9. The number of methoxy groups -OCH3 is 1. The van der Waals surface area contributed by atoms with Gasteiger partial charge in [-0.3, -0.25) is 14.9 Å². The van der Waals surface area contributed by atoms with Crippen LogP contribution in [0.25, 0.3) is 5.13 Å². The van der Waals surface area contributed by atoms with Gasteiger partial charge in [-0.25, -0.2) is 9.48 Å². The number of carbonyl (C=O) groups is 2. The predicted molar refractivity (Wildman–Crippen MR) is 107 cm³/mol. The fraction of sp³-hybridized carbons (Fsp3) is 0.333. The van der Waals surface area contributed by atoms with Crippen molar-refractivity contribution in [1.29, 1.82) is 0 Å². The molecule has 0 saturated carbocycles. The first-order valence-electron chi connectivity index (χ1n) is 9.16. The molecule has 1 N–H and O–H groups in total. The second-order valence-electron chi connectivity index (χ2n) is 6.55. The number of nitrogens with zero attached hydrogens (tertiary/aromatic N) is 5. The molecule has 3 aromatic rings. The van der Waals surface area contributed by atoms with Crippen LogP contribution in [0.5, 0.6) is 5.75 Å². The van der Waals surface area contributed by atoms with Crippen LogP contribution in [-0.4, -0.2) is 45.4 Å². The second-order valence-corrected chi connectivity index (χ2v) is 7.50. The molecule has 2 amide bonds. The molecule has 12 heteroatoms. The third kappa shape index (κ3) is 3.68. The molecule has 1 fully saturated rings. The fourth-order valence-corrected chi connectivity index (χ4v) is 3.87. The van der Waals surface area contributed by atoms with Gasteiger partial charge in [0, 0.05) is 30.9 Å². The number of nitrogens with one attached hydrogen (secondary N) is 1. The average Bonchev–Trinajstić information content (AvgIpc) is 3.36. The Kier molecular flexibility index (Phi) is 5.31. The Balaban J connectivity index is 1.61. The molecule has 4 rings (SSSR count). The summed E-state index contributed by atoms with van der Waals surface area (Å²) in [6.45, 7) is 2.30. The Morgan fingerprint density at radius 2 is 2.13 bits per heavy atom. The van der Waals surface area contributed by atoms with Crippen molar-refractivity contribution >= 4 is 34.0 Å². The van der Waals surface area contributed by atoms with E-state index in [0.29, 0.717) is 18.1 Å². The van der Waals surface area contributed by atoms with E-state index in [2.05, 4.69) is 20.6 Å². The summed E-state index contributed by atoms with van der Waals surface area (Å²) in [4.78, 5) is 38.8. The minimum atomic E-state index is -0.844. The molecule has 0 unspecified atom stereocenters. The normalized spacial score (nSPS) is 14.1. The van der Waals surface area contributed by atoms with E-state index in [1.54, 1.807) is 10.9 Å². The molecule has 0 aromatic carbocycles. The maximum Gasteiger partial charge on any atom is 0.381 e. The summed E-state index contributed by atoms with van der Waals surface area (Å²) in [6.07, 6.45) is 3.56. The highest BCUT2D eigenvalue weighted by atomic mass is 32.1. The number of anilines is 2. The predicted octanol–water partition coefficient (Wildman–Crippen LogP) is 1.76. The number of aryl methyl sites for hydroxylation is 1. The molecule has 0 aliphatic carbocycles. The van der Waals surface area contributed by atoms with Crippen LogP contribution in [0.1, 0.15) is 35.5 Å². The van der Waals surface area contributed by atoms with Gasteiger partial charge in [-0.2, -0.15) is 5.10 Å². The molecule has 4 heterocycles. The smallest absolute Gasteiger partial charge is 0.381 e.